The van der Waals surface area contributed by atoms with Crippen molar-refractivity contribution in [3.8, 4) is 0 Å². The van der Waals surface area contributed by atoms with E-state index in [0.29, 0.717) is 17.6 Å². The zero-order valence-corrected chi connectivity index (χ0v) is 15.8. The molecule has 2 atom stereocenters. The molecule has 3 nitrogen and oxygen atoms in total. The second kappa shape index (κ2) is 6.80. The number of aliphatic carboxylic acids is 1. The standard InChI is InChI=1S/C21H21FO3S/c1-13-17(10-14-6-8-21(2,9-7-14)26(3)25)16-5-4-15(22)11-19(16)18(13)12-20(23)24/h4-8,10-11H,9,12H2,1-3H3,(H,23,24)/b17-10-. The number of halogens is 1. The van der Waals surface area contributed by atoms with Gasteiger partial charge in [0.1, 0.15) is 5.82 Å². The maximum absolute atomic E-state index is 13.7. The first kappa shape index (κ1) is 18.5. The summed E-state index contributed by atoms with van der Waals surface area (Å²) in [6.07, 6.45) is 10.2. The van der Waals surface area contributed by atoms with Gasteiger partial charge in [0.15, 0.2) is 0 Å². The number of carboxylic acids is 1. The van der Waals surface area contributed by atoms with Crippen LogP contribution in [0.5, 0.6) is 0 Å². The minimum absolute atomic E-state index is 0.137. The minimum atomic E-state index is -0.963. The summed E-state index contributed by atoms with van der Waals surface area (Å²) in [5.41, 5.74) is 4.90. The molecule has 0 aromatic heterocycles. The molecule has 5 heteroatoms. The second-order valence-corrected chi connectivity index (χ2v) is 8.77. The molecule has 1 N–H and O–H groups in total. The number of carboxylic acid groups (broad SMARTS) is 1. The molecule has 0 radical (unpaired) electrons. The third-order valence-corrected chi connectivity index (χ3v) is 6.74. The van der Waals surface area contributed by atoms with Crippen LogP contribution >= 0.6 is 0 Å². The summed E-state index contributed by atoms with van der Waals surface area (Å²) in [4.78, 5) is 11.2. The SMILES string of the molecule is CC1=C(CC(=O)O)c2cc(F)ccc2/C1=C\C1=CCC(C)(S(C)=O)C=C1. The number of allylic oxidation sites excluding steroid dienone is 6. The van der Waals surface area contributed by atoms with Gasteiger partial charge in [-0.05, 0) is 71.9 Å². The van der Waals surface area contributed by atoms with E-state index in [1.165, 1.54) is 12.1 Å². The first-order chi connectivity index (χ1) is 12.2. The van der Waals surface area contributed by atoms with Gasteiger partial charge in [-0.1, -0.05) is 24.3 Å². The van der Waals surface area contributed by atoms with Crippen LogP contribution in [0.2, 0.25) is 0 Å². The van der Waals surface area contributed by atoms with Gasteiger partial charge >= 0.3 is 5.97 Å². The summed E-state index contributed by atoms with van der Waals surface area (Å²) in [6, 6.07) is 4.50. The molecular weight excluding hydrogens is 351 g/mol. The Hall–Kier alpha value is -2.27. The van der Waals surface area contributed by atoms with Crippen molar-refractivity contribution in [3.05, 3.63) is 70.6 Å². The Kier molecular flexibility index (Phi) is 4.84. The lowest BCUT2D eigenvalue weighted by atomic mass is 9.94. The third-order valence-electron chi connectivity index (χ3n) is 5.12. The summed E-state index contributed by atoms with van der Waals surface area (Å²) in [5, 5.41) is 9.21. The van der Waals surface area contributed by atoms with Crippen LogP contribution in [0.4, 0.5) is 4.39 Å². The largest absolute Gasteiger partial charge is 0.481 e. The predicted octanol–water partition coefficient (Wildman–Crippen LogP) is 4.49. The van der Waals surface area contributed by atoms with Gasteiger partial charge in [0, 0.05) is 17.1 Å². The molecule has 0 aliphatic heterocycles. The van der Waals surface area contributed by atoms with Crippen molar-refractivity contribution >= 4 is 27.9 Å². The molecule has 2 unspecified atom stereocenters. The molecule has 1 aromatic rings. The number of carbonyl (C=O) groups is 1. The summed E-state index contributed by atoms with van der Waals surface area (Å²) < 4.78 is 25.2. The van der Waals surface area contributed by atoms with Gasteiger partial charge in [-0.25, -0.2) is 4.39 Å². The highest BCUT2D eigenvalue weighted by Crippen LogP contribution is 2.43. The molecule has 0 saturated carbocycles. The molecular formula is C21H21FO3S. The highest BCUT2D eigenvalue weighted by molar-refractivity contribution is 7.85. The monoisotopic (exact) mass is 372 g/mol. The Labute approximate surface area is 155 Å². The van der Waals surface area contributed by atoms with Gasteiger partial charge in [-0.2, -0.15) is 0 Å². The Morgan fingerprint density at radius 1 is 1.38 bits per heavy atom. The lowest BCUT2D eigenvalue weighted by molar-refractivity contribution is -0.135. The molecule has 3 rings (SSSR count). The van der Waals surface area contributed by atoms with Gasteiger partial charge in [0.25, 0.3) is 0 Å². The van der Waals surface area contributed by atoms with Crippen LogP contribution in [-0.2, 0) is 15.6 Å². The summed E-state index contributed by atoms with van der Waals surface area (Å²) in [5.74, 6) is -1.31. The second-order valence-electron chi connectivity index (χ2n) is 6.93. The van der Waals surface area contributed by atoms with Crippen LogP contribution in [0.15, 0.2) is 53.6 Å². The summed E-state index contributed by atoms with van der Waals surface area (Å²) in [7, 11) is -0.963. The van der Waals surface area contributed by atoms with Crippen molar-refractivity contribution in [2.45, 2.75) is 31.4 Å². The maximum atomic E-state index is 13.7. The van der Waals surface area contributed by atoms with E-state index < -0.39 is 16.8 Å². The molecule has 0 spiro atoms. The van der Waals surface area contributed by atoms with Crippen molar-refractivity contribution in [1.29, 1.82) is 0 Å². The molecule has 0 fully saturated rings. The lowest BCUT2D eigenvalue weighted by Crippen LogP contribution is -2.28. The molecule has 0 saturated heterocycles. The Bertz CT molecular complexity index is 937. The topological polar surface area (TPSA) is 54.4 Å². The van der Waals surface area contributed by atoms with Gasteiger partial charge in [0.05, 0.1) is 11.2 Å². The molecule has 136 valence electrons. The number of benzene rings is 1. The van der Waals surface area contributed by atoms with Crippen LogP contribution in [0.1, 0.15) is 37.8 Å². The van der Waals surface area contributed by atoms with Crippen molar-refractivity contribution in [2.24, 2.45) is 0 Å². The third kappa shape index (κ3) is 3.36. The zero-order valence-electron chi connectivity index (χ0n) is 15.0. The molecule has 2 aliphatic rings. The van der Waals surface area contributed by atoms with Crippen LogP contribution in [-0.4, -0.2) is 26.3 Å². The van der Waals surface area contributed by atoms with E-state index >= 15 is 0 Å². The van der Waals surface area contributed by atoms with Crippen molar-refractivity contribution in [2.75, 3.05) is 6.26 Å². The van der Waals surface area contributed by atoms with Crippen molar-refractivity contribution in [1.82, 2.24) is 0 Å². The van der Waals surface area contributed by atoms with Crippen LogP contribution < -0.4 is 0 Å². The van der Waals surface area contributed by atoms with E-state index in [2.05, 4.69) is 0 Å². The quantitative estimate of drug-likeness (QED) is 0.847. The number of hydrogen-bond acceptors (Lipinski definition) is 2. The minimum Gasteiger partial charge on any atom is -0.481 e. The summed E-state index contributed by atoms with van der Waals surface area (Å²) in [6.45, 7) is 3.84. The smallest absolute Gasteiger partial charge is 0.307 e. The van der Waals surface area contributed by atoms with Gasteiger partial charge in [-0.15, -0.1) is 0 Å². The normalized spacial score (nSPS) is 24.6. The van der Waals surface area contributed by atoms with Crippen molar-refractivity contribution < 1.29 is 18.5 Å². The first-order valence-electron chi connectivity index (χ1n) is 8.38. The fourth-order valence-corrected chi connectivity index (χ4v) is 3.93. The Morgan fingerprint density at radius 2 is 2.12 bits per heavy atom. The van der Waals surface area contributed by atoms with E-state index in [0.717, 1.165) is 22.3 Å². The Balaban J connectivity index is 2.03. The average Bonchev–Trinajstić information content (AvgIpc) is 2.81. The van der Waals surface area contributed by atoms with E-state index in [1.54, 1.807) is 12.3 Å². The molecule has 0 heterocycles. The average molecular weight is 372 g/mol. The highest BCUT2D eigenvalue weighted by Gasteiger charge is 2.28. The molecule has 1 aromatic carbocycles. The van der Waals surface area contributed by atoms with Crippen LogP contribution in [0, 0.1) is 5.82 Å². The van der Waals surface area contributed by atoms with Crippen LogP contribution in [0.3, 0.4) is 0 Å². The summed E-state index contributed by atoms with van der Waals surface area (Å²) >= 11 is 0. The van der Waals surface area contributed by atoms with Crippen molar-refractivity contribution in [3.63, 3.8) is 0 Å². The van der Waals surface area contributed by atoms with Gasteiger partial charge < -0.3 is 5.11 Å². The number of fused-ring (bicyclic) bond motifs is 1. The fraction of sp³-hybridized carbons (Fsp3) is 0.286. The zero-order chi connectivity index (χ0) is 19.1. The van der Waals surface area contributed by atoms with Crippen LogP contribution in [0.25, 0.3) is 11.1 Å². The predicted molar refractivity (Wildman–Crippen MR) is 104 cm³/mol. The van der Waals surface area contributed by atoms with Gasteiger partial charge in [-0.3, -0.25) is 9.00 Å². The number of hydrogen-bond donors (Lipinski definition) is 1. The highest BCUT2D eigenvalue weighted by atomic mass is 32.2. The fourth-order valence-electron chi connectivity index (χ4n) is 3.35. The first-order valence-corrected chi connectivity index (χ1v) is 9.94. The van der Waals surface area contributed by atoms with E-state index in [1.807, 2.05) is 38.2 Å². The molecule has 2 aliphatic carbocycles. The van der Waals surface area contributed by atoms with Gasteiger partial charge in [0.2, 0.25) is 0 Å². The maximum Gasteiger partial charge on any atom is 0.307 e. The molecule has 0 amide bonds. The molecule has 26 heavy (non-hydrogen) atoms. The number of rotatable bonds is 4. The van der Waals surface area contributed by atoms with E-state index in [9.17, 15) is 18.5 Å². The Morgan fingerprint density at radius 3 is 2.69 bits per heavy atom. The molecule has 0 bridgehead atoms. The lowest BCUT2D eigenvalue weighted by Gasteiger charge is -2.25. The van der Waals surface area contributed by atoms with E-state index in [-0.39, 0.29) is 17.0 Å². The van der Waals surface area contributed by atoms with E-state index in [4.69, 9.17) is 0 Å².